The Bertz CT molecular complexity index is 1130. The van der Waals surface area contributed by atoms with Gasteiger partial charge in [0.05, 0.1) is 5.56 Å². The number of rotatable bonds is 3. The molecule has 8 nitrogen and oxygen atoms in total. The summed E-state index contributed by atoms with van der Waals surface area (Å²) in [6.07, 6.45) is 4.95. The predicted molar refractivity (Wildman–Crippen MR) is 97.6 cm³/mol. The van der Waals surface area contributed by atoms with Crippen LogP contribution in [0.15, 0.2) is 65.6 Å². The van der Waals surface area contributed by atoms with E-state index in [4.69, 9.17) is 4.52 Å². The van der Waals surface area contributed by atoms with Crippen LogP contribution in [0.25, 0.3) is 22.2 Å². The van der Waals surface area contributed by atoms with Crippen LogP contribution >= 0.6 is 0 Å². The minimum absolute atomic E-state index is 0.0482. The fourth-order valence-electron chi connectivity index (χ4n) is 2.79. The number of carbonyl (C=O) groups excluding carboxylic acids is 2. The first-order valence-corrected chi connectivity index (χ1v) is 8.15. The number of pyridine rings is 1. The molecule has 0 spiro atoms. The molecule has 1 aromatic carbocycles. The zero-order valence-electron chi connectivity index (χ0n) is 14.3. The number of para-hydroxylation sites is 1. The van der Waals surface area contributed by atoms with Crippen molar-refractivity contribution in [1.82, 2.24) is 25.6 Å². The van der Waals surface area contributed by atoms with Gasteiger partial charge in [0, 0.05) is 48.2 Å². The zero-order chi connectivity index (χ0) is 18.8. The molecule has 0 aliphatic heterocycles. The molecule has 2 N–H and O–H groups in total. The highest BCUT2D eigenvalue weighted by Gasteiger charge is 2.17. The van der Waals surface area contributed by atoms with E-state index in [2.05, 4.69) is 21.0 Å². The van der Waals surface area contributed by atoms with Crippen molar-refractivity contribution >= 4 is 22.7 Å². The van der Waals surface area contributed by atoms with Gasteiger partial charge in [-0.05, 0) is 18.2 Å². The first-order chi connectivity index (χ1) is 13.1. The molecule has 2 amide bonds. The van der Waals surface area contributed by atoms with Gasteiger partial charge in [-0.2, -0.15) is 0 Å². The smallest absolute Gasteiger partial charge is 0.291 e. The predicted octanol–water partition coefficient (Wildman–Crippen LogP) is 2.30. The van der Waals surface area contributed by atoms with E-state index >= 15 is 0 Å². The number of benzene rings is 1. The van der Waals surface area contributed by atoms with Gasteiger partial charge in [0.2, 0.25) is 0 Å². The molecule has 8 heteroatoms. The highest BCUT2D eigenvalue weighted by Crippen LogP contribution is 2.20. The Kier molecular flexibility index (Phi) is 4.13. The number of nitrogens with one attached hydrogen (secondary N) is 2. The second-order valence-corrected chi connectivity index (χ2v) is 5.90. The molecule has 0 saturated heterocycles. The van der Waals surface area contributed by atoms with E-state index in [1.165, 1.54) is 6.07 Å². The van der Waals surface area contributed by atoms with E-state index < -0.39 is 11.8 Å². The average Bonchev–Trinajstić information content (AvgIpc) is 3.32. The summed E-state index contributed by atoms with van der Waals surface area (Å²) < 4.78 is 7.01. The van der Waals surface area contributed by atoms with Crippen molar-refractivity contribution in [3.05, 3.63) is 72.3 Å². The van der Waals surface area contributed by atoms with Crippen LogP contribution in [0.1, 0.15) is 20.8 Å². The van der Waals surface area contributed by atoms with Crippen molar-refractivity contribution in [3.63, 3.8) is 0 Å². The Morgan fingerprint density at radius 1 is 1.07 bits per heavy atom. The SMILES string of the molecule is Cn1cc(C(=O)NNC(=O)c2cc(-c3cccnc3)on2)c2ccccc21. The number of nitrogens with zero attached hydrogens (tertiary/aromatic N) is 3. The summed E-state index contributed by atoms with van der Waals surface area (Å²) in [6, 6.07) is 12.5. The van der Waals surface area contributed by atoms with Crippen LogP contribution in [-0.4, -0.2) is 26.5 Å². The molecule has 0 aliphatic carbocycles. The van der Waals surface area contributed by atoms with Crippen molar-refractivity contribution in [3.8, 4) is 11.3 Å². The van der Waals surface area contributed by atoms with Gasteiger partial charge in [0.25, 0.3) is 11.8 Å². The van der Waals surface area contributed by atoms with Crippen LogP contribution < -0.4 is 10.9 Å². The van der Waals surface area contributed by atoms with E-state index in [0.717, 1.165) is 10.9 Å². The molecule has 4 aromatic rings. The molecule has 0 radical (unpaired) electrons. The fraction of sp³-hybridized carbons (Fsp3) is 0.0526. The van der Waals surface area contributed by atoms with Gasteiger partial charge >= 0.3 is 0 Å². The number of hydrogen-bond acceptors (Lipinski definition) is 5. The van der Waals surface area contributed by atoms with Crippen molar-refractivity contribution in [1.29, 1.82) is 0 Å². The lowest BCUT2D eigenvalue weighted by Crippen LogP contribution is -2.41. The highest BCUT2D eigenvalue weighted by molar-refractivity contribution is 6.07. The van der Waals surface area contributed by atoms with E-state index in [1.807, 2.05) is 35.9 Å². The second-order valence-electron chi connectivity index (χ2n) is 5.90. The number of aromatic nitrogens is 3. The van der Waals surface area contributed by atoms with Crippen molar-refractivity contribution in [2.75, 3.05) is 0 Å². The van der Waals surface area contributed by atoms with Gasteiger partial charge in [-0.15, -0.1) is 0 Å². The molecule has 4 rings (SSSR count). The number of aryl methyl sites for hydroxylation is 1. The third-order valence-electron chi connectivity index (χ3n) is 4.12. The summed E-state index contributed by atoms with van der Waals surface area (Å²) in [5.41, 5.74) is 6.89. The lowest BCUT2D eigenvalue weighted by atomic mass is 10.2. The Hall–Kier alpha value is -3.94. The normalized spacial score (nSPS) is 10.7. The minimum atomic E-state index is -0.581. The minimum Gasteiger partial charge on any atom is -0.355 e. The van der Waals surface area contributed by atoms with Gasteiger partial charge in [0.1, 0.15) is 0 Å². The van der Waals surface area contributed by atoms with E-state index in [0.29, 0.717) is 16.9 Å². The maximum absolute atomic E-state index is 12.4. The Balaban J connectivity index is 1.46. The average molecular weight is 361 g/mol. The van der Waals surface area contributed by atoms with E-state index in [1.54, 1.807) is 30.7 Å². The molecule has 27 heavy (non-hydrogen) atoms. The quantitative estimate of drug-likeness (QED) is 0.545. The summed E-state index contributed by atoms with van der Waals surface area (Å²) >= 11 is 0. The number of fused-ring (bicyclic) bond motifs is 1. The third-order valence-corrected chi connectivity index (χ3v) is 4.12. The number of amides is 2. The van der Waals surface area contributed by atoms with Gasteiger partial charge < -0.3 is 9.09 Å². The Morgan fingerprint density at radius 2 is 1.89 bits per heavy atom. The van der Waals surface area contributed by atoms with Gasteiger partial charge in [-0.3, -0.25) is 25.4 Å². The largest absolute Gasteiger partial charge is 0.355 e. The molecule has 3 aromatic heterocycles. The first-order valence-electron chi connectivity index (χ1n) is 8.15. The molecular formula is C19H15N5O3. The van der Waals surface area contributed by atoms with Gasteiger partial charge in [-0.25, -0.2) is 0 Å². The monoisotopic (exact) mass is 361 g/mol. The van der Waals surface area contributed by atoms with Crippen LogP contribution in [0.4, 0.5) is 0 Å². The second kappa shape index (κ2) is 6.75. The number of hydrazine groups is 1. The first kappa shape index (κ1) is 16.5. The van der Waals surface area contributed by atoms with Crippen LogP contribution in [0.2, 0.25) is 0 Å². The molecular weight excluding hydrogens is 346 g/mol. The molecule has 3 heterocycles. The lowest BCUT2D eigenvalue weighted by Gasteiger charge is -2.04. The molecule has 0 unspecified atom stereocenters. The molecule has 134 valence electrons. The number of hydrogen-bond donors (Lipinski definition) is 2. The van der Waals surface area contributed by atoms with Crippen LogP contribution in [0.3, 0.4) is 0 Å². The van der Waals surface area contributed by atoms with E-state index in [9.17, 15) is 9.59 Å². The highest BCUT2D eigenvalue weighted by atomic mass is 16.5. The maximum atomic E-state index is 12.4. The summed E-state index contributed by atoms with van der Waals surface area (Å²) in [4.78, 5) is 28.7. The number of carbonyl (C=O) groups is 2. The molecule has 0 fully saturated rings. The maximum Gasteiger partial charge on any atom is 0.291 e. The summed E-state index contributed by atoms with van der Waals surface area (Å²) in [6.45, 7) is 0. The summed E-state index contributed by atoms with van der Waals surface area (Å²) in [7, 11) is 1.85. The molecule has 0 saturated carbocycles. The van der Waals surface area contributed by atoms with E-state index in [-0.39, 0.29) is 5.69 Å². The fourth-order valence-corrected chi connectivity index (χ4v) is 2.79. The molecule has 0 aliphatic rings. The Labute approximate surface area is 153 Å². The molecule has 0 atom stereocenters. The zero-order valence-corrected chi connectivity index (χ0v) is 14.3. The standard InChI is InChI=1S/C19H15N5O3/c1-24-11-14(13-6-2-3-7-16(13)24)18(25)21-22-19(26)15-9-17(27-23-15)12-5-4-8-20-10-12/h2-11H,1H3,(H,21,25)(H,22,26). The van der Waals surface area contributed by atoms with Gasteiger partial charge in [0.15, 0.2) is 11.5 Å². The summed E-state index contributed by atoms with van der Waals surface area (Å²) in [5, 5.41) is 4.53. The lowest BCUT2D eigenvalue weighted by molar-refractivity contribution is 0.0842. The van der Waals surface area contributed by atoms with Gasteiger partial charge in [-0.1, -0.05) is 23.4 Å². The Morgan fingerprint density at radius 3 is 2.70 bits per heavy atom. The van der Waals surface area contributed by atoms with Crippen molar-refractivity contribution in [2.45, 2.75) is 0 Å². The van der Waals surface area contributed by atoms with Crippen molar-refractivity contribution in [2.24, 2.45) is 7.05 Å². The summed E-state index contributed by atoms with van der Waals surface area (Å²) in [5.74, 6) is -0.591. The van der Waals surface area contributed by atoms with Crippen LogP contribution in [0.5, 0.6) is 0 Å². The van der Waals surface area contributed by atoms with Crippen molar-refractivity contribution < 1.29 is 14.1 Å². The van der Waals surface area contributed by atoms with Crippen LogP contribution in [-0.2, 0) is 7.05 Å². The van der Waals surface area contributed by atoms with Crippen LogP contribution in [0, 0.1) is 0 Å². The molecule has 0 bridgehead atoms. The topological polar surface area (TPSA) is 102 Å². The third kappa shape index (κ3) is 3.15.